The van der Waals surface area contributed by atoms with Gasteiger partial charge in [-0.2, -0.15) is 0 Å². The second-order valence-electron chi connectivity index (χ2n) is 3.64. The van der Waals surface area contributed by atoms with Crippen molar-refractivity contribution in [3.8, 4) is 0 Å². The summed E-state index contributed by atoms with van der Waals surface area (Å²) in [6.07, 6.45) is 0. The number of benzene rings is 1. The van der Waals surface area contributed by atoms with E-state index >= 15 is 0 Å². The van der Waals surface area contributed by atoms with E-state index in [1.54, 1.807) is 0 Å². The van der Waals surface area contributed by atoms with E-state index in [1.807, 2.05) is 0 Å². The zero-order chi connectivity index (χ0) is 13.3. The van der Waals surface area contributed by atoms with Gasteiger partial charge in [0.1, 0.15) is 11.6 Å². The molecule has 1 heterocycles. The molecule has 0 aliphatic carbocycles. The van der Waals surface area contributed by atoms with Gasteiger partial charge in [0.2, 0.25) is 0 Å². The third-order valence-corrected chi connectivity index (χ3v) is 2.66. The maximum Gasteiger partial charge on any atom is 0.329 e. The fraction of sp³-hybridized carbons (Fsp3) is 0.0909. The molecule has 1 aromatic carbocycles. The SMILES string of the molecule is Cn1c(Nc2ccc(Cl)c(F)c2)cc(=O)[nH]c1=O. The summed E-state index contributed by atoms with van der Waals surface area (Å²) in [5.74, 6) is -0.332. The minimum atomic E-state index is -0.587. The normalized spacial score (nSPS) is 10.4. The Morgan fingerprint density at radius 2 is 2.06 bits per heavy atom. The van der Waals surface area contributed by atoms with Crippen LogP contribution in [-0.4, -0.2) is 9.55 Å². The van der Waals surface area contributed by atoms with Gasteiger partial charge in [-0.1, -0.05) is 11.6 Å². The molecule has 2 N–H and O–H groups in total. The summed E-state index contributed by atoms with van der Waals surface area (Å²) in [4.78, 5) is 24.6. The maximum atomic E-state index is 13.2. The highest BCUT2D eigenvalue weighted by Crippen LogP contribution is 2.20. The molecule has 0 aliphatic heterocycles. The first-order valence-corrected chi connectivity index (χ1v) is 5.37. The number of rotatable bonds is 2. The highest BCUT2D eigenvalue weighted by atomic mass is 35.5. The number of H-pyrrole nitrogens is 1. The molecule has 0 bridgehead atoms. The van der Waals surface area contributed by atoms with Crippen molar-refractivity contribution in [1.29, 1.82) is 0 Å². The highest BCUT2D eigenvalue weighted by Gasteiger charge is 2.05. The molecule has 1 aromatic heterocycles. The predicted octanol–water partition coefficient (Wildman–Crippen LogP) is 1.61. The van der Waals surface area contributed by atoms with Gasteiger partial charge < -0.3 is 5.32 Å². The van der Waals surface area contributed by atoms with Crippen molar-refractivity contribution < 1.29 is 4.39 Å². The first-order valence-electron chi connectivity index (χ1n) is 5.00. The van der Waals surface area contributed by atoms with Crippen LogP contribution in [0.1, 0.15) is 0 Å². The van der Waals surface area contributed by atoms with Crippen molar-refractivity contribution in [3.05, 3.63) is 55.9 Å². The number of hydrogen-bond acceptors (Lipinski definition) is 3. The summed E-state index contributed by atoms with van der Waals surface area (Å²) in [6.45, 7) is 0. The van der Waals surface area contributed by atoms with Crippen LogP contribution in [0.2, 0.25) is 5.02 Å². The first kappa shape index (κ1) is 12.4. The van der Waals surface area contributed by atoms with E-state index in [-0.39, 0.29) is 10.8 Å². The van der Waals surface area contributed by atoms with Crippen molar-refractivity contribution >= 4 is 23.1 Å². The minimum Gasteiger partial charge on any atom is -0.341 e. The molecule has 5 nitrogen and oxygen atoms in total. The van der Waals surface area contributed by atoms with Crippen molar-refractivity contribution in [2.75, 3.05) is 5.32 Å². The van der Waals surface area contributed by atoms with Crippen LogP contribution >= 0.6 is 11.6 Å². The van der Waals surface area contributed by atoms with Gasteiger partial charge in [0, 0.05) is 18.8 Å². The Bertz CT molecular complexity index is 708. The van der Waals surface area contributed by atoms with Crippen LogP contribution in [0.4, 0.5) is 15.9 Å². The largest absolute Gasteiger partial charge is 0.341 e. The Kier molecular flexibility index (Phi) is 3.20. The monoisotopic (exact) mass is 269 g/mol. The fourth-order valence-electron chi connectivity index (χ4n) is 1.40. The van der Waals surface area contributed by atoms with E-state index in [1.165, 1.54) is 35.9 Å². The molecule has 0 fully saturated rings. The van der Waals surface area contributed by atoms with Crippen molar-refractivity contribution in [3.63, 3.8) is 0 Å². The zero-order valence-corrected chi connectivity index (χ0v) is 10.1. The lowest BCUT2D eigenvalue weighted by atomic mass is 10.3. The van der Waals surface area contributed by atoms with Gasteiger partial charge in [0.15, 0.2) is 0 Å². The van der Waals surface area contributed by atoms with Crippen LogP contribution in [0.5, 0.6) is 0 Å². The van der Waals surface area contributed by atoms with Gasteiger partial charge in [-0.3, -0.25) is 14.3 Å². The molecular formula is C11H9ClFN3O2. The van der Waals surface area contributed by atoms with Crippen LogP contribution < -0.4 is 16.6 Å². The van der Waals surface area contributed by atoms with E-state index in [4.69, 9.17) is 11.6 Å². The molecule has 2 rings (SSSR count). The molecule has 0 unspecified atom stereocenters. The quantitative estimate of drug-likeness (QED) is 0.870. The van der Waals surface area contributed by atoms with Crippen molar-refractivity contribution in [2.24, 2.45) is 7.05 Å². The molecule has 0 saturated heterocycles. The molecule has 0 saturated carbocycles. The lowest BCUT2D eigenvalue weighted by molar-refractivity contribution is 0.629. The van der Waals surface area contributed by atoms with Gasteiger partial charge >= 0.3 is 5.69 Å². The Labute approximate surface area is 106 Å². The number of aromatic nitrogens is 2. The van der Waals surface area contributed by atoms with Crippen molar-refractivity contribution in [1.82, 2.24) is 9.55 Å². The third-order valence-electron chi connectivity index (χ3n) is 2.36. The van der Waals surface area contributed by atoms with E-state index in [2.05, 4.69) is 10.3 Å². The second-order valence-corrected chi connectivity index (χ2v) is 4.04. The summed E-state index contributed by atoms with van der Waals surface area (Å²) >= 11 is 5.55. The Morgan fingerprint density at radius 3 is 2.72 bits per heavy atom. The maximum absolute atomic E-state index is 13.2. The predicted molar refractivity (Wildman–Crippen MR) is 67.0 cm³/mol. The van der Waals surface area contributed by atoms with Crippen LogP contribution in [0, 0.1) is 5.82 Å². The lowest BCUT2D eigenvalue weighted by Gasteiger charge is -2.10. The van der Waals surface area contributed by atoms with Gasteiger partial charge in [-0.25, -0.2) is 9.18 Å². The molecular weight excluding hydrogens is 261 g/mol. The second kappa shape index (κ2) is 4.66. The number of hydrogen-bond donors (Lipinski definition) is 2. The number of aromatic amines is 1. The van der Waals surface area contributed by atoms with Crippen LogP contribution in [0.3, 0.4) is 0 Å². The van der Waals surface area contributed by atoms with Crippen LogP contribution in [0.15, 0.2) is 33.9 Å². The van der Waals surface area contributed by atoms with Gasteiger partial charge in [-0.05, 0) is 18.2 Å². The Balaban J connectivity index is 2.43. The fourth-order valence-corrected chi connectivity index (χ4v) is 1.51. The molecule has 0 amide bonds. The smallest absolute Gasteiger partial charge is 0.329 e. The van der Waals surface area contributed by atoms with E-state index in [0.29, 0.717) is 5.69 Å². The van der Waals surface area contributed by atoms with Crippen molar-refractivity contribution in [2.45, 2.75) is 0 Å². The number of nitrogens with one attached hydrogen (secondary N) is 2. The van der Waals surface area contributed by atoms with Crippen LogP contribution in [0.25, 0.3) is 0 Å². The zero-order valence-electron chi connectivity index (χ0n) is 9.33. The van der Waals surface area contributed by atoms with Gasteiger partial charge in [0.25, 0.3) is 5.56 Å². The average molecular weight is 270 g/mol. The third kappa shape index (κ3) is 2.43. The summed E-state index contributed by atoms with van der Waals surface area (Å²) in [5, 5.41) is 2.77. The average Bonchev–Trinajstić information content (AvgIpc) is 2.30. The topological polar surface area (TPSA) is 66.9 Å². The molecule has 0 spiro atoms. The van der Waals surface area contributed by atoms with Gasteiger partial charge in [0.05, 0.1) is 5.02 Å². The summed E-state index contributed by atoms with van der Waals surface area (Å²) in [6, 6.07) is 5.30. The lowest BCUT2D eigenvalue weighted by Crippen LogP contribution is -2.29. The molecule has 7 heteroatoms. The summed E-state index contributed by atoms with van der Waals surface area (Å²) < 4.78 is 14.4. The van der Waals surface area contributed by atoms with Gasteiger partial charge in [-0.15, -0.1) is 0 Å². The van der Waals surface area contributed by atoms with E-state index < -0.39 is 17.1 Å². The standard InChI is InChI=1S/C11H9ClFN3O2/c1-16-9(5-10(17)15-11(16)18)14-6-2-3-7(12)8(13)4-6/h2-5,14H,1H3,(H,15,17,18). The summed E-state index contributed by atoms with van der Waals surface area (Å²) in [7, 11) is 1.48. The molecule has 2 aromatic rings. The number of anilines is 2. The van der Waals surface area contributed by atoms with E-state index in [9.17, 15) is 14.0 Å². The Hall–Kier alpha value is -2.08. The molecule has 18 heavy (non-hydrogen) atoms. The highest BCUT2D eigenvalue weighted by molar-refractivity contribution is 6.30. The van der Waals surface area contributed by atoms with Crippen LogP contribution in [-0.2, 0) is 7.05 Å². The first-order chi connectivity index (χ1) is 8.47. The van der Waals surface area contributed by atoms with E-state index in [0.717, 1.165) is 0 Å². The molecule has 0 atom stereocenters. The summed E-state index contributed by atoms with van der Waals surface area (Å²) in [5.41, 5.74) is -0.702. The minimum absolute atomic E-state index is 0.000322. The molecule has 0 aliphatic rings. The molecule has 0 radical (unpaired) electrons. The number of nitrogens with zero attached hydrogens (tertiary/aromatic N) is 1. The Morgan fingerprint density at radius 1 is 1.33 bits per heavy atom. The molecule has 94 valence electrons. The number of halogens is 2.